The molecule has 0 radical (unpaired) electrons. The molecule has 1 heterocycles. The van der Waals surface area contributed by atoms with E-state index in [1.54, 1.807) is 6.26 Å². The highest BCUT2D eigenvalue weighted by atomic mass is 79.9. The van der Waals surface area contributed by atoms with E-state index in [1.807, 2.05) is 13.8 Å². The van der Waals surface area contributed by atoms with E-state index in [9.17, 15) is 0 Å². The first-order chi connectivity index (χ1) is 6.64. The number of hydrogen-bond donors (Lipinski definition) is 0. The van der Waals surface area contributed by atoms with Crippen molar-refractivity contribution in [2.75, 3.05) is 18.5 Å². The molecule has 0 bridgehead atoms. The van der Waals surface area contributed by atoms with Crippen LogP contribution in [0.1, 0.15) is 26.7 Å². The molecular weight excluding hydrogens is 248 g/mol. The number of ether oxygens (including phenoxy) is 3. The van der Waals surface area contributed by atoms with Crippen LogP contribution in [0.4, 0.5) is 0 Å². The molecular formula is C10H17BrO3. The van der Waals surface area contributed by atoms with Gasteiger partial charge in [-0.15, -0.1) is 0 Å². The average Bonchev–Trinajstić information content (AvgIpc) is 2.45. The minimum atomic E-state index is -0.519. The molecule has 0 unspecified atom stereocenters. The van der Waals surface area contributed by atoms with Gasteiger partial charge in [-0.25, -0.2) is 0 Å². The minimum absolute atomic E-state index is 0.506. The molecule has 1 aliphatic heterocycles. The topological polar surface area (TPSA) is 27.7 Å². The van der Waals surface area contributed by atoms with Crippen LogP contribution in [0.2, 0.25) is 0 Å². The first-order valence-corrected chi connectivity index (χ1v) is 5.96. The first-order valence-electron chi connectivity index (χ1n) is 4.83. The standard InChI is InChI=1S/C10H17BrO3/c1-10(2)13-8-9(14-10)7-12-6-4-3-5-11/h8H,3-7H2,1-2H3. The van der Waals surface area contributed by atoms with E-state index in [0.29, 0.717) is 6.61 Å². The summed E-state index contributed by atoms with van der Waals surface area (Å²) in [4.78, 5) is 0. The molecule has 0 N–H and O–H groups in total. The number of unbranched alkanes of at least 4 members (excludes halogenated alkanes) is 1. The summed E-state index contributed by atoms with van der Waals surface area (Å²) in [6.45, 7) is 5.03. The van der Waals surface area contributed by atoms with Crippen molar-refractivity contribution < 1.29 is 14.2 Å². The van der Waals surface area contributed by atoms with Gasteiger partial charge in [-0.05, 0) is 12.8 Å². The summed E-state index contributed by atoms with van der Waals surface area (Å²) in [5.74, 6) is 0.253. The van der Waals surface area contributed by atoms with Gasteiger partial charge in [-0.2, -0.15) is 0 Å². The normalized spacial score (nSPS) is 18.6. The van der Waals surface area contributed by atoms with Crippen molar-refractivity contribution in [1.29, 1.82) is 0 Å². The third-order valence-corrected chi connectivity index (χ3v) is 2.33. The van der Waals surface area contributed by atoms with Crippen molar-refractivity contribution in [3.63, 3.8) is 0 Å². The van der Waals surface area contributed by atoms with Crippen LogP contribution in [-0.4, -0.2) is 24.3 Å². The average molecular weight is 265 g/mol. The van der Waals surface area contributed by atoms with Crippen LogP contribution in [0.15, 0.2) is 12.0 Å². The van der Waals surface area contributed by atoms with Gasteiger partial charge in [0.1, 0.15) is 12.9 Å². The Morgan fingerprint density at radius 3 is 2.79 bits per heavy atom. The maximum Gasteiger partial charge on any atom is 0.244 e. The van der Waals surface area contributed by atoms with E-state index in [1.165, 1.54) is 0 Å². The number of hydrogen-bond acceptors (Lipinski definition) is 3. The lowest BCUT2D eigenvalue weighted by Crippen LogP contribution is -2.20. The van der Waals surface area contributed by atoms with Gasteiger partial charge in [0.2, 0.25) is 5.79 Å². The van der Waals surface area contributed by atoms with Gasteiger partial charge < -0.3 is 14.2 Å². The molecule has 0 aliphatic carbocycles. The monoisotopic (exact) mass is 264 g/mol. The Kier molecular flexibility index (Phi) is 4.75. The SMILES string of the molecule is CC1(C)OC=C(COCCCCBr)O1. The summed E-state index contributed by atoms with van der Waals surface area (Å²) < 4.78 is 16.1. The zero-order valence-corrected chi connectivity index (χ0v) is 10.3. The van der Waals surface area contributed by atoms with Crippen LogP contribution < -0.4 is 0 Å². The van der Waals surface area contributed by atoms with Crippen molar-refractivity contribution in [2.24, 2.45) is 0 Å². The molecule has 0 aromatic heterocycles. The molecule has 0 saturated heterocycles. The molecule has 0 saturated carbocycles. The van der Waals surface area contributed by atoms with E-state index in [0.717, 1.165) is 30.5 Å². The third kappa shape index (κ3) is 4.33. The van der Waals surface area contributed by atoms with E-state index in [2.05, 4.69) is 15.9 Å². The van der Waals surface area contributed by atoms with Crippen molar-refractivity contribution >= 4 is 15.9 Å². The molecule has 0 amide bonds. The third-order valence-electron chi connectivity index (χ3n) is 1.77. The maximum atomic E-state index is 5.46. The zero-order chi connectivity index (χ0) is 10.4. The van der Waals surface area contributed by atoms with Crippen LogP contribution in [0.25, 0.3) is 0 Å². The Morgan fingerprint density at radius 1 is 1.43 bits per heavy atom. The van der Waals surface area contributed by atoms with Gasteiger partial charge in [-0.3, -0.25) is 0 Å². The van der Waals surface area contributed by atoms with Gasteiger partial charge in [0.05, 0.1) is 0 Å². The Balaban J connectivity index is 2.03. The highest BCUT2D eigenvalue weighted by molar-refractivity contribution is 9.09. The van der Waals surface area contributed by atoms with E-state index >= 15 is 0 Å². The Labute approximate surface area is 93.5 Å². The number of alkyl halides is 1. The molecule has 0 atom stereocenters. The second-order valence-corrected chi connectivity index (χ2v) is 4.45. The summed E-state index contributed by atoms with van der Waals surface area (Å²) in [7, 11) is 0. The van der Waals surface area contributed by atoms with Crippen molar-refractivity contribution in [1.82, 2.24) is 0 Å². The van der Waals surface area contributed by atoms with Gasteiger partial charge in [0.15, 0.2) is 5.76 Å². The summed E-state index contributed by atoms with van der Waals surface area (Å²) in [6, 6.07) is 0. The lowest BCUT2D eigenvalue weighted by Gasteiger charge is -2.18. The van der Waals surface area contributed by atoms with E-state index < -0.39 is 5.79 Å². The maximum absolute atomic E-state index is 5.46. The predicted octanol–water partition coefficient (Wildman–Crippen LogP) is 2.80. The molecule has 3 nitrogen and oxygen atoms in total. The first kappa shape index (κ1) is 11.9. The van der Waals surface area contributed by atoms with Crippen molar-refractivity contribution in [2.45, 2.75) is 32.5 Å². The van der Waals surface area contributed by atoms with Gasteiger partial charge in [0.25, 0.3) is 0 Å². The lowest BCUT2D eigenvalue weighted by atomic mass is 10.4. The minimum Gasteiger partial charge on any atom is -0.457 e. The second kappa shape index (κ2) is 5.61. The quantitative estimate of drug-likeness (QED) is 0.546. The largest absolute Gasteiger partial charge is 0.457 e. The van der Waals surface area contributed by atoms with Crippen LogP contribution in [0.5, 0.6) is 0 Å². The molecule has 0 aromatic carbocycles. The molecule has 1 rings (SSSR count). The fourth-order valence-corrected chi connectivity index (χ4v) is 1.50. The summed E-state index contributed by atoms with van der Waals surface area (Å²) in [6.07, 6.45) is 3.84. The molecule has 4 heteroatoms. The number of halogens is 1. The van der Waals surface area contributed by atoms with Crippen molar-refractivity contribution in [3.05, 3.63) is 12.0 Å². The molecule has 0 fully saturated rings. The van der Waals surface area contributed by atoms with E-state index in [-0.39, 0.29) is 0 Å². The molecule has 1 aliphatic rings. The fraction of sp³-hybridized carbons (Fsp3) is 0.800. The summed E-state index contributed by atoms with van der Waals surface area (Å²) >= 11 is 3.37. The fourth-order valence-electron chi connectivity index (χ4n) is 1.11. The molecule has 82 valence electrons. The smallest absolute Gasteiger partial charge is 0.244 e. The van der Waals surface area contributed by atoms with E-state index in [4.69, 9.17) is 14.2 Å². The zero-order valence-electron chi connectivity index (χ0n) is 8.72. The van der Waals surface area contributed by atoms with Crippen LogP contribution in [0, 0.1) is 0 Å². The Bertz CT molecular complexity index is 202. The van der Waals surface area contributed by atoms with Gasteiger partial charge >= 0.3 is 0 Å². The Hall–Kier alpha value is -0.220. The molecule has 0 spiro atoms. The van der Waals surface area contributed by atoms with Crippen LogP contribution >= 0.6 is 15.9 Å². The molecule has 14 heavy (non-hydrogen) atoms. The van der Waals surface area contributed by atoms with Gasteiger partial charge in [0, 0.05) is 25.8 Å². The highest BCUT2D eigenvalue weighted by Gasteiger charge is 2.27. The lowest BCUT2D eigenvalue weighted by molar-refractivity contribution is -0.121. The highest BCUT2D eigenvalue weighted by Crippen LogP contribution is 2.24. The Morgan fingerprint density at radius 2 is 2.21 bits per heavy atom. The van der Waals surface area contributed by atoms with Crippen LogP contribution in [0.3, 0.4) is 0 Å². The summed E-state index contributed by atoms with van der Waals surface area (Å²) in [5, 5.41) is 1.03. The van der Waals surface area contributed by atoms with Crippen molar-refractivity contribution in [3.8, 4) is 0 Å². The summed E-state index contributed by atoms with van der Waals surface area (Å²) in [5.41, 5.74) is 0. The molecule has 0 aromatic rings. The predicted molar refractivity (Wildman–Crippen MR) is 58.2 cm³/mol. The van der Waals surface area contributed by atoms with Crippen LogP contribution in [-0.2, 0) is 14.2 Å². The number of rotatable bonds is 6. The second-order valence-electron chi connectivity index (χ2n) is 3.65. The van der Waals surface area contributed by atoms with Gasteiger partial charge in [-0.1, -0.05) is 15.9 Å².